The monoisotopic (exact) mass is 273 g/mol. The average Bonchev–Trinajstić information content (AvgIpc) is 3.11. The fourth-order valence-electron chi connectivity index (χ4n) is 3.53. The molecule has 0 aliphatic carbocycles. The third kappa shape index (κ3) is 2.18. The molecule has 1 aromatic heterocycles. The maximum absolute atomic E-state index is 4.70. The van der Waals surface area contributed by atoms with Crippen LogP contribution in [0.5, 0.6) is 0 Å². The normalized spacial score (nSPS) is 27.2. The minimum atomic E-state index is 0.675. The Kier molecular flexibility index (Phi) is 3.02. The van der Waals surface area contributed by atoms with Crippen molar-refractivity contribution in [2.75, 3.05) is 13.1 Å². The minimum Gasteiger partial charge on any atom is -0.306 e. The Hall–Kier alpha value is -0.970. The lowest BCUT2D eigenvalue weighted by Crippen LogP contribution is -2.38. The number of nitrogens with zero attached hydrogens (tertiary/aromatic N) is 2. The van der Waals surface area contributed by atoms with E-state index >= 15 is 0 Å². The summed E-state index contributed by atoms with van der Waals surface area (Å²) in [6.07, 6.45) is 4.05. The molecule has 3 nitrogen and oxygen atoms in total. The predicted molar refractivity (Wildman–Crippen MR) is 79.5 cm³/mol. The van der Waals surface area contributed by atoms with Crippen molar-refractivity contribution < 1.29 is 0 Å². The second-order valence-electron chi connectivity index (χ2n) is 5.60. The van der Waals surface area contributed by atoms with Crippen LogP contribution in [-0.4, -0.2) is 35.1 Å². The topological polar surface area (TPSA) is 28.2 Å². The fourth-order valence-corrected chi connectivity index (χ4v) is 4.45. The number of hydrogen-bond acceptors (Lipinski definition) is 4. The van der Waals surface area contributed by atoms with Crippen LogP contribution in [0.2, 0.25) is 0 Å². The summed E-state index contributed by atoms with van der Waals surface area (Å²) in [5.74, 6) is 0. The first-order chi connectivity index (χ1) is 9.40. The van der Waals surface area contributed by atoms with Gasteiger partial charge in [0.1, 0.15) is 5.01 Å². The highest BCUT2D eigenvalue weighted by Gasteiger charge is 2.36. The number of para-hydroxylation sites is 1. The van der Waals surface area contributed by atoms with Gasteiger partial charge in [-0.1, -0.05) is 12.1 Å². The third-order valence-electron chi connectivity index (χ3n) is 4.46. The molecule has 0 bridgehead atoms. The van der Waals surface area contributed by atoms with Gasteiger partial charge in [-0.15, -0.1) is 11.3 Å². The first kappa shape index (κ1) is 11.8. The van der Waals surface area contributed by atoms with Gasteiger partial charge in [-0.2, -0.15) is 0 Å². The number of rotatable bonds is 3. The van der Waals surface area contributed by atoms with E-state index in [1.807, 2.05) is 11.3 Å². The van der Waals surface area contributed by atoms with Crippen LogP contribution in [0.3, 0.4) is 0 Å². The Morgan fingerprint density at radius 2 is 2.21 bits per heavy atom. The molecule has 0 radical (unpaired) electrons. The number of hydrogen-bond donors (Lipinski definition) is 1. The highest BCUT2D eigenvalue weighted by Crippen LogP contribution is 2.28. The first-order valence-electron chi connectivity index (χ1n) is 7.22. The maximum atomic E-state index is 4.70. The largest absolute Gasteiger partial charge is 0.306 e. The van der Waals surface area contributed by atoms with Gasteiger partial charge < -0.3 is 5.32 Å². The number of nitrogens with one attached hydrogen (secondary N) is 1. The Bertz CT molecular complexity index is 547. The molecule has 2 saturated heterocycles. The summed E-state index contributed by atoms with van der Waals surface area (Å²) in [6.45, 7) is 3.51. The summed E-state index contributed by atoms with van der Waals surface area (Å²) in [7, 11) is 0. The Balaban J connectivity index is 1.44. The summed E-state index contributed by atoms with van der Waals surface area (Å²) < 4.78 is 1.30. The van der Waals surface area contributed by atoms with Gasteiger partial charge in [-0.05, 0) is 37.9 Å². The smallest absolute Gasteiger partial charge is 0.108 e. The summed E-state index contributed by atoms with van der Waals surface area (Å²) in [5, 5.41) is 4.96. The third-order valence-corrected chi connectivity index (χ3v) is 5.50. The van der Waals surface area contributed by atoms with Gasteiger partial charge in [-0.3, -0.25) is 4.90 Å². The Morgan fingerprint density at radius 1 is 1.26 bits per heavy atom. The number of aromatic nitrogens is 1. The highest BCUT2D eigenvalue weighted by molar-refractivity contribution is 7.18. The van der Waals surface area contributed by atoms with Gasteiger partial charge in [0.2, 0.25) is 0 Å². The van der Waals surface area contributed by atoms with Crippen molar-refractivity contribution in [3.05, 3.63) is 29.3 Å². The molecule has 100 valence electrons. The molecule has 2 aromatic rings. The summed E-state index contributed by atoms with van der Waals surface area (Å²) in [6, 6.07) is 9.87. The number of fused-ring (bicyclic) bond motifs is 2. The van der Waals surface area contributed by atoms with Gasteiger partial charge in [0, 0.05) is 25.2 Å². The van der Waals surface area contributed by atoms with Gasteiger partial charge in [0.25, 0.3) is 0 Å². The second kappa shape index (κ2) is 4.85. The zero-order chi connectivity index (χ0) is 12.7. The second-order valence-corrected chi connectivity index (χ2v) is 6.71. The predicted octanol–water partition coefficient (Wildman–Crippen LogP) is 2.62. The molecule has 4 heteroatoms. The van der Waals surface area contributed by atoms with Crippen molar-refractivity contribution >= 4 is 21.6 Å². The van der Waals surface area contributed by atoms with Crippen molar-refractivity contribution in [1.29, 1.82) is 0 Å². The molecule has 1 aromatic carbocycles. The number of benzene rings is 1. The molecule has 2 aliphatic heterocycles. The summed E-state index contributed by atoms with van der Waals surface area (Å²) in [4.78, 5) is 7.35. The summed E-state index contributed by atoms with van der Waals surface area (Å²) >= 11 is 1.82. The van der Waals surface area contributed by atoms with Gasteiger partial charge in [0.15, 0.2) is 0 Å². The van der Waals surface area contributed by atoms with E-state index in [0.717, 1.165) is 18.1 Å². The van der Waals surface area contributed by atoms with Gasteiger partial charge in [-0.25, -0.2) is 4.98 Å². The lowest BCUT2D eigenvalue weighted by molar-refractivity contribution is 0.298. The van der Waals surface area contributed by atoms with E-state index in [9.17, 15) is 0 Å². The zero-order valence-corrected chi connectivity index (χ0v) is 11.8. The molecule has 2 aliphatic rings. The van der Waals surface area contributed by atoms with Crippen molar-refractivity contribution in [2.45, 2.75) is 37.9 Å². The molecule has 2 atom stereocenters. The van der Waals surface area contributed by atoms with E-state index in [4.69, 9.17) is 4.98 Å². The lowest BCUT2D eigenvalue weighted by Gasteiger charge is -2.20. The van der Waals surface area contributed by atoms with E-state index in [1.54, 1.807) is 0 Å². The van der Waals surface area contributed by atoms with Crippen LogP contribution in [-0.2, 0) is 6.54 Å². The molecule has 3 heterocycles. The molecule has 2 unspecified atom stereocenters. The molecule has 4 rings (SSSR count). The van der Waals surface area contributed by atoms with Crippen LogP contribution in [0.1, 0.15) is 24.3 Å². The highest BCUT2D eigenvalue weighted by atomic mass is 32.1. The van der Waals surface area contributed by atoms with Crippen LogP contribution >= 0.6 is 11.3 Å². The van der Waals surface area contributed by atoms with Crippen molar-refractivity contribution in [2.24, 2.45) is 0 Å². The number of thiazole rings is 1. The molecule has 0 amide bonds. The van der Waals surface area contributed by atoms with E-state index in [2.05, 4.69) is 34.5 Å². The van der Waals surface area contributed by atoms with Gasteiger partial charge >= 0.3 is 0 Å². The van der Waals surface area contributed by atoms with Crippen molar-refractivity contribution in [3.8, 4) is 0 Å². The van der Waals surface area contributed by atoms with E-state index < -0.39 is 0 Å². The Morgan fingerprint density at radius 3 is 3.16 bits per heavy atom. The molecule has 2 fully saturated rings. The van der Waals surface area contributed by atoms with Crippen LogP contribution in [0.15, 0.2) is 24.3 Å². The first-order valence-corrected chi connectivity index (χ1v) is 8.04. The van der Waals surface area contributed by atoms with E-state index in [-0.39, 0.29) is 0 Å². The van der Waals surface area contributed by atoms with Gasteiger partial charge in [0.05, 0.1) is 10.2 Å². The van der Waals surface area contributed by atoms with Crippen molar-refractivity contribution in [3.63, 3.8) is 0 Å². The Labute approximate surface area is 117 Å². The van der Waals surface area contributed by atoms with Crippen LogP contribution in [0, 0.1) is 0 Å². The maximum Gasteiger partial charge on any atom is 0.108 e. The molecular weight excluding hydrogens is 254 g/mol. The van der Waals surface area contributed by atoms with Crippen LogP contribution in [0.4, 0.5) is 0 Å². The lowest BCUT2D eigenvalue weighted by atomic mass is 10.1. The van der Waals surface area contributed by atoms with Crippen molar-refractivity contribution in [1.82, 2.24) is 15.2 Å². The standard InChI is InChI=1S/C15H19N3S/c1-2-6-14-12(4-1)17-15(19-14)10-16-11-7-9-18-8-3-5-13(11)18/h1-2,4,6,11,13,16H,3,5,7-10H2. The molecular formula is C15H19N3S. The zero-order valence-electron chi connectivity index (χ0n) is 11.0. The molecule has 0 spiro atoms. The minimum absolute atomic E-state index is 0.675. The summed E-state index contributed by atoms with van der Waals surface area (Å²) in [5.41, 5.74) is 1.14. The molecule has 19 heavy (non-hydrogen) atoms. The fraction of sp³-hybridized carbons (Fsp3) is 0.533. The quantitative estimate of drug-likeness (QED) is 0.932. The molecule has 1 N–H and O–H groups in total. The van der Waals surface area contributed by atoms with Crippen LogP contribution < -0.4 is 5.32 Å². The van der Waals surface area contributed by atoms with E-state index in [1.165, 1.54) is 42.1 Å². The average molecular weight is 273 g/mol. The van der Waals surface area contributed by atoms with E-state index in [0.29, 0.717) is 6.04 Å². The SMILES string of the molecule is c1ccc2sc(CNC3CCN4CCCC34)nc2c1. The van der Waals surface area contributed by atoms with Crippen LogP contribution in [0.25, 0.3) is 10.2 Å². The molecule has 0 saturated carbocycles.